The molecule has 1 N–H and O–H groups in total. The summed E-state index contributed by atoms with van der Waals surface area (Å²) in [5, 5.41) is 9.67. The molecule has 1 heterocycles. The summed E-state index contributed by atoms with van der Waals surface area (Å²) in [5.41, 5.74) is 2.46. The number of pyridine rings is 1. The lowest BCUT2D eigenvalue weighted by molar-refractivity contribution is 0.198. The highest BCUT2D eigenvalue weighted by molar-refractivity contribution is 5.41. The SMILES string of the molecule is CCC(C)Oc1cc(C)nc(OCc2ccccc2)c1CO. The highest BCUT2D eigenvalue weighted by atomic mass is 16.5. The van der Waals surface area contributed by atoms with Gasteiger partial charge in [0.15, 0.2) is 0 Å². The Balaban J connectivity index is 2.22. The maximum atomic E-state index is 9.67. The van der Waals surface area contributed by atoms with Crippen LogP contribution in [-0.2, 0) is 13.2 Å². The molecule has 1 aromatic heterocycles. The Kier molecular flexibility index (Phi) is 5.78. The van der Waals surface area contributed by atoms with Crippen molar-refractivity contribution in [2.24, 2.45) is 0 Å². The first kappa shape index (κ1) is 16.3. The van der Waals surface area contributed by atoms with E-state index in [9.17, 15) is 5.11 Å². The van der Waals surface area contributed by atoms with Gasteiger partial charge in [0.2, 0.25) is 5.88 Å². The Morgan fingerprint density at radius 1 is 1.23 bits per heavy atom. The molecule has 0 aliphatic rings. The van der Waals surface area contributed by atoms with Crippen molar-refractivity contribution in [3.63, 3.8) is 0 Å². The van der Waals surface area contributed by atoms with Gasteiger partial charge >= 0.3 is 0 Å². The minimum atomic E-state index is -0.164. The van der Waals surface area contributed by atoms with Crippen molar-refractivity contribution in [1.82, 2.24) is 4.98 Å². The van der Waals surface area contributed by atoms with E-state index in [-0.39, 0.29) is 12.7 Å². The van der Waals surface area contributed by atoms with Crippen molar-refractivity contribution in [2.45, 2.75) is 46.5 Å². The number of aliphatic hydroxyl groups is 1. The number of hydrogen-bond acceptors (Lipinski definition) is 4. The average molecular weight is 301 g/mol. The van der Waals surface area contributed by atoms with Crippen LogP contribution >= 0.6 is 0 Å². The second-order valence-corrected chi connectivity index (χ2v) is 5.31. The fraction of sp³-hybridized carbons (Fsp3) is 0.389. The summed E-state index contributed by atoms with van der Waals surface area (Å²) in [5.74, 6) is 1.08. The van der Waals surface area contributed by atoms with Crippen molar-refractivity contribution in [2.75, 3.05) is 0 Å². The van der Waals surface area contributed by atoms with Crippen LogP contribution < -0.4 is 9.47 Å². The van der Waals surface area contributed by atoms with Gasteiger partial charge in [0.1, 0.15) is 12.4 Å². The molecule has 4 heteroatoms. The van der Waals surface area contributed by atoms with Gasteiger partial charge in [-0.3, -0.25) is 0 Å². The van der Waals surface area contributed by atoms with Crippen LogP contribution in [0.25, 0.3) is 0 Å². The van der Waals surface area contributed by atoms with E-state index in [0.717, 1.165) is 17.7 Å². The molecule has 2 rings (SSSR count). The summed E-state index contributed by atoms with van der Waals surface area (Å²) in [6, 6.07) is 11.7. The molecule has 0 spiro atoms. The lowest BCUT2D eigenvalue weighted by Gasteiger charge is -2.18. The summed E-state index contributed by atoms with van der Waals surface area (Å²) in [7, 11) is 0. The van der Waals surface area contributed by atoms with Crippen LogP contribution in [0.3, 0.4) is 0 Å². The van der Waals surface area contributed by atoms with E-state index in [2.05, 4.69) is 11.9 Å². The Morgan fingerprint density at radius 3 is 2.59 bits per heavy atom. The minimum Gasteiger partial charge on any atom is -0.490 e. The van der Waals surface area contributed by atoms with Gasteiger partial charge in [-0.1, -0.05) is 37.3 Å². The van der Waals surface area contributed by atoms with Crippen molar-refractivity contribution in [1.29, 1.82) is 0 Å². The van der Waals surface area contributed by atoms with Gasteiger partial charge in [0, 0.05) is 11.8 Å². The Labute approximate surface area is 131 Å². The number of ether oxygens (including phenoxy) is 2. The van der Waals surface area contributed by atoms with Crippen molar-refractivity contribution < 1.29 is 14.6 Å². The van der Waals surface area contributed by atoms with Gasteiger partial charge in [-0.05, 0) is 25.8 Å². The number of benzene rings is 1. The first-order chi connectivity index (χ1) is 10.6. The van der Waals surface area contributed by atoms with E-state index < -0.39 is 0 Å². The molecule has 0 bridgehead atoms. The van der Waals surface area contributed by atoms with Crippen LogP contribution in [0.5, 0.6) is 11.6 Å². The molecule has 0 saturated heterocycles. The first-order valence-electron chi connectivity index (χ1n) is 7.58. The maximum Gasteiger partial charge on any atom is 0.223 e. The molecule has 1 aromatic carbocycles. The maximum absolute atomic E-state index is 9.67. The highest BCUT2D eigenvalue weighted by Gasteiger charge is 2.15. The molecule has 0 aliphatic carbocycles. The van der Waals surface area contributed by atoms with Gasteiger partial charge in [-0.15, -0.1) is 0 Å². The van der Waals surface area contributed by atoms with E-state index >= 15 is 0 Å². The van der Waals surface area contributed by atoms with Crippen molar-refractivity contribution >= 4 is 0 Å². The number of hydrogen-bond donors (Lipinski definition) is 1. The summed E-state index contributed by atoms with van der Waals surface area (Å²) in [4.78, 5) is 4.39. The number of aryl methyl sites for hydroxylation is 1. The minimum absolute atomic E-state index is 0.0778. The second-order valence-electron chi connectivity index (χ2n) is 5.31. The number of aliphatic hydroxyl groups excluding tert-OH is 1. The van der Waals surface area contributed by atoms with Crippen LogP contribution in [0.15, 0.2) is 36.4 Å². The van der Waals surface area contributed by atoms with Crippen molar-refractivity contribution in [3.05, 3.63) is 53.2 Å². The molecule has 1 unspecified atom stereocenters. The van der Waals surface area contributed by atoms with Gasteiger partial charge in [0.25, 0.3) is 0 Å². The molecule has 2 aromatic rings. The molecule has 4 nitrogen and oxygen atoms in total. The molecular weight excluding hydrogens is 278 g/mol. The standard InChI is InChI=1S/C18H23NO3/c1-4-14(3)22-17-10-13(2)19-18(16(17)11-20)21-12-15-8-6-5-7-9-15/h5-10,14,20H,4,11-12H2,1-3H3. The quantitative estimate of drug-likeness (QED) is 0.848. The second kappa shape index (κ2) is 7.80. The molecule has 0 amide bonds. The van der Waals surface area contributed by atoms with Crippen LogP contribution in [0.4, 0.5) is 0 Å². The molecule has 1 atom stereocenters. The van der Waals surface area contributed by atoms with Gasteiger partial charge in [-0.25, -0.2) is 4.98 Å². The van der Waals surface area contributed by atoms with E-state index in [1.165, 1.54) is 0 Å². The lowest BCUT2D eigenvalue weighted by atomic mass is 10.2. The molecule has 0 saturated carbocycles. The molecular formula is C18H23NO3. The highest BCUT2D eigenvalue weighted by Crippen LogP contribution is 2.29. The van der Waals surface area contributed by atoms with E-state index in [4.69, 9.17) is 9.47 Å². The monoisotopic (exact) mass is 301 g/mol. The fourth-order valence-electron chi connectivity index (χ4n) is 2.04. The Morgan fingerprint density at radius 2 is 1.95 bits per heavy atom. The number of aromatic nitrogens is 1. The topological polar surface area (TPSA) is 51.6 Å². The molecule has 0 fully saturated rings. The zero-order chi connectivity index (χ0) is 15.9. The summed E-state index contributed by atoms with van der Waals surface area (Å²) in [6.07, 6.45) is 0.973. The van der Waals surface area contributed by atoms with Gasteiger partial charge in [0.05, 0.1) is 18.3 Å². The third-order valence-electron chi connectivity index (χ3n) is 3.45. The largest absolute Gasteiger partial charge is 0.490 e. The summed E-state index contributed by atoms with van der Waals surface area (Å²) < 4.78 is 11.7. The summed E-state index contributed by atoms with van der Waals surface area (Å²) >= 11 is 0. The Hall–Kier alpha value is -2.07. The van der Waals surface area contributed by atoms with Gasteiger partial charge < -0.3 is 14.6 Å². The third-order valence-corrected chi connectivity index (χ3v) is 3.45. The number of nitrogens with zero attached hydrogens (tertiary/aromatic N) is 1. The van der Waals surface area contributed by atoms with Crippen molar-refractivity contribution in [3.8, 4) is 11.6 Å². The van der Waals surface area contributed by atoms with E-state index in [1.54, 1.807) is 0 Å². The zero-order valence-corrected chi connectivity index (χ0v) is 13.4. The van der Waals surface area contributed by atoms with E-state index in [1.807, 2.05) is 50.2 Å². The third kappa shape index (κ3) is 4.21. The summed E-state index contributed by atoms with van der Waals surface area (Å²) in [6.45, 7) is 6.20. The van der Waals surface area contributed by atoms with Crippen LogP contribution in [0.1, 0.15) is 37.1 Å². The molecule has 0 aliphatic heterocycles. The predicted octanol–water partition coefficient (Wildman–Crippen LogP) is 3.64. The van der Waals surface area contributed by atoms with Crippen LogP contribution in [0.2, 0.25) is 0 Å². The number of rotatable bonds is 7. The zero-order valence-electron chi connectivity index (χ0n) is 13.4. The van der Waals surface area contributed by atoms with Gasteiger partial charge in [-0.2, -0.15) is 0 Å². The lowest BCUT2D eigenvalue weighted by Crippen LogP contribution is -2.13. The van der Waals surface area contributed by atoms with Crippen LogP contribution in [0, 0.1) is 6.92 Å². The normalized spacial score (nSPS) is 12.0. The Bertz CT molecular complexity index is 599. The smallest absolute Gasteiger partial charge is 0.223 e. The molecule has 0 radical (unpaired) electrons. The fourth-order valence-corrected chi connectivity index (χ4v) is 2.04. The predicted molar refractivity (Wildman–Crippen MR) is 86.1 cm³/mol. The first-order valence-corrected chi connectivity index (χ1v) is 7.58. The average Bonchev–Trinajstić information content (AvgIpc) is 2.53. The molecule has 22 heavy (non-hydrogen) atoms. The molecule has 118 valence electrons. The van der Waals surface area contributed by atoms with E-state index in [0.29, 0.717) is 23.8 Å². The van der Waals surface area contributed by atoms with Crippen LogP contribution in [-0.4, -0.2) is 16.2 Å².